The smallest absolute Gasteiger partial charge is 0.375 e. The topological polar surface area (TPSA) is 77.8 Å². The van der Waals surface area contributed by atoms with Gasteiger partial charge in [0.1, 0.15) is 17.2 Å². The van der Waals surface area contributed by atoms with Crippen LogP contribution in [0.2, 0.25) is 0 Å². The molecule has 1 aromatic heterocycles. The van der Waals surface area contributed by atoms with Crippen molar-refractivity contribution >= 4 is 28.5 Å². The van der Waals surface area contributed by atoms with Crippen molar-refractivity contribution in [2.75, 3.05) is 11.9 Å². The summed E-state index contributed by atoms with van der Waals surface area (Å²) in [5.74, 6) is -3.39. The predicted octanol–water partition coefficient (Wildman–Crippen LogP) is 4.43. The Kier molecular flexibility index (Phi) is 6.23. The average molecular weight is 403 g/mol. The Hall–Kier alpha value is -3.26. The fourth-order valence-corrected chi connectivity index (χ4v) is 2.70. The number of esters is 1. The molecule has 29 heavy (non-hydrogen) atoms. The Labute approximate surface area is 165 Å². The molecule has 0 saturated carbocycles. The third-order valence-corrected chi connectivity index (χ3v) is 4.18. The van der Waals surface area contributed by atoms with Crippen molar-refractivity contribution < 1.29 is 32.3 Å². The summed E-state index contributed by atoms with van der Waals surface area (Å²) in [6.07, 6.45) is -1.25. The SMILES string of the molecule is CCOCc1c(C(=O)O[C@@H](C)C(=O)Nc2ccc(F)cc2F)oc2ccccc12. The van der Waals surface area contributed by atoms with Gasteiger partial charge in [-0.3, -0.25) is 4.79 Å². The molecule has 0 saturated heterocycles. The number of hydrogen-bond acceptors (Lipinski definition) is 5. The quantitative estimate of drug-likeness (QED) is 0.591. The van der Waals surface area contributed by atoms with Crippen LogP contribution < -0.4 is 5.32 Å². The molecule has 0 aliphatic rings. The number of furan rings is 1. The molecule has 0 aliphatic heterocycles. The molecule has 0 fully saturated rings. The van der Waals surface area contributed by atoms with Crippen LogP contribution in [0.4, 0.5) is 14.5 Å². The Morgan fingerprint density at radius 3 is 2.66 bits per heavy atom. The van der Waals surface area contributed by atoms with Gasteiger partial charge in [0.15, 0.2) is 6.10 Å². The zero-order chi connectivity index (χ0) is 21.0. The van der Waals surface area contributed by atoms with E-state index in [0.717, 1.165) is 12.1 Å². The summed E-state index contributed by atoms with van der Waals surface area (Å²) in [7, 11) is 0. The lowest BCUT2D eigenvalue weighted by atomic mass is 10.1. The number of para-hydroxylation sites is 1. The Morgan fingerprint density at radius 1 is 1.17 bits per heavy atom. The summed E-state index contributed by atoms with van der Waals surface area (Å²) in [5.41, 5.74) is 0.782. The minimum Gasteiger partial charge on any atom is -0.449 e. The van der Waals surface area contributed by atoms with Crippen LogP contribution in [0.3, 0.4) is 0 Å². The van der Waals surface area contributed by atoms with Gasteiger partial charge in [0.05, 0.1) is 12.3 Å². The van der Waals surface area contributed by atoms with Gasteiger partial charge in [0.25, 0.3) is 5.91 Å². The lowest BCUT2D eigenvalue weighted by Gasteiger charge is -2.13. The van der Waals surface area contributed by atoms with Crippen LogP contribution in [0, 0.1) is 11.6 Å². The van der Waals surface area contributed by atoms with Gasteiger partial charge in [0.2, 0.25) is 5.76 Å². The molecule has 3 aromatic rings. The number of fused-ring (bicyclic) bond motifs is 1. The van der Waals surface area contributed by atoms with Crippen molar-refractivity contribution in [1.29, 1.82) is 0 Å². The van der Waals surface area contributed by atoms with E-state index in [-0.39, 0.29) is 18.1 Å². The van der Waals surface area contributed by atoms with E-state index in [9.17, 15) is 18.4 Å². The van der Waals surface area contributed by atoms with Crippen molar-refractivity contribution in [2.45, 2.75) is 26.6 Å². The van der Waals surface area contributed by atoms with Crippen LogP contribution >= 0.6 is 0 Å². The monoisotopic (exact) mass is 403 g/mol. The van der Waals surface area contributed by atoms with E-state index in [4.69, 9.17) is 13.9 Å². The molecule has 0 spiro atoms. The maximum absolute atomic E-state index is 13.7. The van der Waals surface area contributed by atoms with Gasteiger partial charge >= 0.3 is 5.97 Å². The number of amides is 1. The molecule has 0 bridgehead atoms. The van der Waals surface area contributed by atoms with Crippen LogP contribution in [0.15, 0.2) is 46.9 Å². The first-order valence-corrected chi connectivity index (χ1v) is 8.95. The number of hydrogen-bond donors (Lipinski definition) is 1. The lowest BCUT2D eigenvalue weighted by molar-refractivity contribution is -0.123. The largest absolute Gasteiger partial charge is 0.449 e. The normalized spacial score (nSPS) is 12.0. The molecular formula is C21H19F2NO5. The molecule has 6 nitrogen and oxygen atoms in total. The summed E-state index contributed by atoms with van der Waals surface area (Å²) in [4.78, 5) is 24.8. The predicted molar refractivity (Wildman–Crippen MR) is 101 cm³/mol. The van der Waals surface area contributed by atoms with Crippen LogP contribution in [-0.4, -0.2) is 24.6 Å². The fraction of sp³-hybridized carbons (Fsp3) is 0.238. The van der Waals surface area contributed by atoms with Gasteiger partial charge in [-0.25, -0.2) is 13.6 Å². The molecule has 0 radical (unpaired) electrons. The van der Waals surface area contributed by atoms with E-state index >= 15 is 0 Å². The van der Waals surface area contributed by atoms with E-state index in [1.54, 1.807) is 24.3 Å². The van der Waals surface area contributed by atoms with Crippen LogP contribution in [0.25, 0.3) is 11.0 Å². The lowest BCUT2D eigenvalue weighted by Crippen LogP contribution is -2.30. The maximum atomic E-state index is 13.7. The highest BCUT2D eigenvalue weighted by molar-refractivity contribution is 5.99. The van der Waals surface area contributed by atoms with E-state index < -0.39 is 29.6 Å². The van der Waals surface area contributed by atoms with Gasteiger partial charge < -0.3 is 19.2 Å². The van der Waals surface area contributed by atoms with Gasteiger partial charge in [0, 0.05) is 23.6 Å². The number of benzene rings is 2. The highest BCUT2D eigenvalue weighted by atomic mass is 19.1. The number of halogens is 2. The van der Waals surface area contributed by atoms with E-state index in [0.29, 0.717) is 29.2 Å². The third-order valence-electron chi connectivity index (χ3n) is 4.18. The summed E-state index contributed by atoms with van der Waals surface area (Å²) in [6, 6.07) is 9.78. The van der Waals surface area contributed by atoms with Crippen LogP contribution in [-0.2, 0) is 20.9 Å². The van der Waals surface area contributed by atoms with Gasteiger partial charge in [-0.15, -0.1) is 0 Å². The molecule has 1 heterocycles. The van der Waals surface area contributed by atoms with Gasteiger partial charge in [-0.05, 0) is 32.0 Å². The summed E-state index contributed by atoms with van der Waals surface area (Å²) in [6.45, 7) is 3.73. The molecule has 1 atom stereocenters. The molecule has 3 rings (SSSR count). The number of carbonyl (C=O) groups excluding carboxylic acids is 2. The fourth-order valence-electron chi connectivity index (χ4n) is 2.70. The van der Waals surface area contributed by atoms with Crippen molar-refractivity contribution in [2.24, 2.45) is 0 Å². The summed E-state index contributed by atoms with van der Waals surface area (Å²) >= 11 is 0. The minimum atomic E-state index is -1.25. The molecule has 0 unspecified atom stereocenters. The third kappa shape index (κ3) is 4.60. The molecule has 8 heteroatoms. The van der Waals surface area contributed by atoms with Crippen molar-refractivity contribution in [3.8, 4) is 0 Å². The maximum Gasteiger partial charge on any atom is 0.375 e. The zero-order valence-electron chi connectivity index (χ0n) is 15.8. The van der Waals surface area contributed by atoms with Crippen LogP contribution in [0.1, 0.15) is 30.0 Å². The van der Waals surface area contributed by atoms with Crippen molar-refractivity contribution in [1.82, 2.24) is 0 Å². The molecular weight excluding hydrogens is 384 g/mol. The zero-order valence-corrected chi connectivity index (χ0v) is 15.8. The molecule has 0 aliphatic carbocycles. The average Bonchev–Trinajstić information content (AvgIpc) is 3.07. The number of ether oxygens (including phenoxy) is 2. The second-order valence-electron chi connectivity index (χ2n) is 6.20. The Bertz CT molecular complexity index is 1050. The first-order valence-electron chi connectivity index (χ1n) is 8.95. The summed E-state index contributed by atoms with van der Waals surface area (Å²) in [5, 5.41) is 2.96. The van der Waals surface area contributed by atoms with Gasteiger partial charge in [-0.1, -0.05) is 18.2 Å². The van der Waals surface area contributed by atoms with Crippen molar-refractivity contribution in [3.63, 3.8) is 0 Å². The summed E-state index contributed by atoms with van der Waals surface area (Å²) < 4.78 is 42.9. The Morgan fingerprint density at radius 2 is 1.93 bits per heavy atom. The highest BCUT2D eigenvalue weighted by Gasteiger charge is 2.26. The second kappa shape index (κ2) is 8.83. The second-order valence-corrected chi connectivity index (χ2v) is 6.20. The minimum absolute atomic E-state index is 0.0627. The van der Waals surface area contributed by atoms with E-state index in [1.165, 1.54) is 6.92 Å². The molecule has 152 valence electrons. The van der Waals surface area contributed by atoms with E-state index in [1.807, 2.05) is 6.92 Å². The van der Waals surface area contributed by atoms with E-state index in [2.05, 4.69) is 5.32 Å². The first kappa shape index (κ1) is 20.5. The van der Waals surface area contributed by atoms with Crippen LogP contribution in [0.5, 0.6) is 0 Å². The van der Waals surface area contributed by atoms with Crippen molar-refractivity contribution in [3.05, 3.63) is 65.4 Å². The number of rotatable bonds is 7. The Balaban J connectivity index is 1.76. The first-order chi connectivity index (χ1) is 13.9. The standard InChI is InChI=1S/C21H19F2NO5/c1-3-27-11-15-14-6-4-5-7-18(14)29-19(15)21(26)28-12(2)20(25)24-17-9-8-13(22)10-16(17)23/h4-10,12H,3,11H2,1-2H3,(H,24,25)/t12-/m0/s1. The van der Waals surface area contributed by atoms with Gasteiger partial charge in [-0.2, -0.15) is 0 Å². The molecule has 1 amide bonds. The molecule has 1 N–H and O–H groups in total. The number of nitrogens with one attached hydrogen (secondary N) is 1. The highest BCUT2D eigenvalue weighted by Crippen LogP contribution is 2.27. The number of anilines is 1. The number of carbonyl (C=O) groups is 2. The molecule has 2 aromatic carbocycles.